The highest BCUT2D eigenvalue weighted by Crippen LogP contribution is 2.25. The first kappa shape index (κ1) is 14.9. The third kappa shape index (κ3) is 3.21. The van der Waals surface area contributed by atoms with Crippen molar-refractivity contribution in [1.82, 2.24) is 4.31 Å². The number of sulfonamides is 1. The Morgan fingerprint density at radius 2 is 2.11 bits per heavy atom. The summed E-state index contributed by atoms with van der Waals surface area (Å²) in [5.74, 6) is -0.644. The lowest BCUT2D eigenvalue weighted by molar-refractivity contribution is -0.140. The Labute approximate surface area is 114 Å². The number of halogens is 1. The molecular weight excluding hydrogens is 324 g/mol. The van der Waals surface area contributed by atoms with Crippen LogP contribution in [0.25, 0.3) is 0 Å². The molecular formula is C10H13BrN2O4S. The maximum Gasteiger partial charge on any atom is 0.321 e. The molecule has 8 heteroatoms. The molecule has 0 aliphatic carbocycles. The Morgan fingerprint density at radius 1 is 1.50 bits per heavy atom. The number of nitrogens with zero attached hydrogens (tertiary/aromatic N) is 1. The summed E-state index contributed by atoms with van der Waals surface area (Å²) < 4.78 is 30.2. The normalized spacial score (nSPS) is 11.6. The molecule has 0 spiro atoms. The molecule has 0 fully saturated rings. The summed E-state index contributed by atoms with van der Waals surface area (Å²) in [6, 6.07) is 4.50. The molecule has 0 aliphatic rings. The van der Waals surface area contributed by atoms with Gasteiger partial charge in [0.1, 0.15) is 11.4 Å². The topological polar surface area (TPSA) is 89.7 Å². The first-order chi connectivity index (χ1) is 8.28. The highest BCUT2D eigenvalue weighted by molar-refractivity contribution is 9.10. The van der Waals surface area contributed by atoms with Crippen molar-refractivity contribution >= 4 is 37.6 Å². The molecule has 6 nitrogen and oxygen atoms in total. The largest absolute Gasteiger partial charge is 0.468 e. The monoisotopic (exact) mass is 336 g/mol. The van der Waals surface area contributed by atoms with Crippen LogP contribution in [0, 0.1) is 0 Å². The number of hydrogen-bond donors (Lipinski definition) is 1. The van der Waals surface area contributed by atoms with Crippen molar-refractivity contribution in [2.75, 3.05) is 26.4 Å². The molecule has 0 heterocycles. The summed E-state index contributed by atoms with van der Waals surface area (Å²) >= 11 is 3.17. The van der Waals surface area contributed by atoms with E-state index in [0.717, 1.165) is 4.31 Å². The standard InChI is InChI=1S/C10H13BrN2O4S/c1-13(6-10(14)17-2)18(15,16)9-5-7(11)3-4-8(9)12/h3-5H,6,12H2,1-2H3. The predicted octanol–water partition coefficient (Wildman–Crippen LogP) is 0.825. The summed E-state index contributed by atoms with van der Waals surface area (Å²) in [5.41, 5.74) is 5.75. The summed E-state index contributed by atoms with van der Waals surface area (Å²) in [7, 11) is -1.34. The minimum absolute atomic E-state index is 0.0525. The van der Waals surface area contributed by atoms with Gasteiger partial charge in [0, 0.05) is 11.5 Å². The van der Waals surface area contributed by atoms with Crippen molar-refractivity contribution in [1.29, 1.82) is 0 Å². The van der Waals surface area contributed by atoms with Crippen molar-refractivity contribution in [2.24, 2.45) is 0 Å². The molecule has 1 rings (SSSR count). The van der Waals surface area contributed by atoms with E-state index in [4.69, 9.17) is 5.73 Å². The van der Waals surface area contributed by atoms with Crippen LogP contribution in [0.1, 0.15) is 0 Å². The van der Waals surface area contributed by atoms with Crippen LogP contribution in [0.3, 0.4) is 0 Å². The molecule has 0 saturated carbocycles. The van der Waals surface area contributed by atoms with Crippen LogP contribution in [0.15, 0.2) is 27.6 Å². The van der Waals surface area contributed by atoms with Crippen LogP contribution in [0.5, 0.6) is 0 Å². The number of carbonyl (C=O) groups is 1. The van der Waals surface area contributed by atoms with Gasteiger partial charge in [0.2, 0.25) is 10.0 Å². The Hall–Kier alpha value is -1.12. The van der Waals surface area contributed by atoms with Gasteiger partial charge < -0.3 is 10.5 Å². The number of likely N-dealkylation sites (N-methyl/N-ethyl adjacent to an activating group) is 1. The lowest BCUT2D eigenvalue weighted by Gasteiger charge is -2.17. The first-order valence-corrected chi connectivity index (χ1v) is 7.10. The number of nitrogens with two attached hydrogens (primary N) is 1. The average molecular weight is 337 g/mol. The van der Waals surface area contributed by atoms with Crippen LogP contribution < -0.4 is 5.73 Å². The summed E-state index contributed by atoms with van der Waals surface area (Å²) in [6.45, 7) is -0.370. The van der Waals surface area contributed by atoms with Gasteiger partial charge in [0.25, 0.3) is 0 Å². The minimum Gasteiger partial charge on any atom is -0.468 e. The third-order valence-corrected chi connectivity index (χ3v) is 4.60. The van der Waals surface area contributed by atoms with Crippen molar-refractivity contribution in [3.8, 4) is 0 Å². The number of ether oxygens (including phenoxy) is 1. The fourth-order valence-corrected chi connectivity index (χ4v) is 3.00. The van der Waals surface area contributed by atoms with Gasteiger partial charge in [0.15, 0.2) is 0 Å². The molecule has 2 N–H and O–H groups in total. The highest BCUT2D eigenvalue weighted by Gasteiger charge is 2.25. The van der Waals surface area contributed by atoms with Gasteiger partial charge in [-0.3, -0.25) is 4.79 Å². The van der Waals surface area contributed by atoms with Crippen molar-refractivity contribution in [2.45, 2.75) is 4.90 Å². The quantitative estimate of drug-likeness (QED) is 0.649. The number of hydrogen-bond acceptors (Lipinski definition) is 5. The fourth-order valence-electron chi connectivity index (χ4n) is 1.23. The molecule has 0 amide bonds. The lowest BCUT2D eigenvalue weighted by atomic mass is 10.3. The second-order valence-corrected chi connectivity index (χ2v) is 6.45. The maximum atomic E-state index is 12.2. The zero-order chi connectivity index (χ0) is 13.9. The Bertz CT molecular complexity index is 559. The van der Waals surface area contributed by atoms with Crippen LogP contribution in [0.4, 0.5) is 5.69 Å². The number of benzene rings is 1. The van der Waals surface area contributed by atoms with Crippen molar-refractivity contribution < 1.29 is 17.9 Å². The molecule has 0 unspecified atom stereocenters. The van der Waals surface area contributed by atoms with Crippen LogP contribution in [-0.2, 0) is 19.6 Å². The van der Waals surface area contributed by atoms with Crippen LogP contribution >= 0.6 is 15.9 Å². The number of esters is 1. The predicted molar refractivity (Wildman–Crippen MR) is 70.4 cm³/mol. The van der Waals surface area contributed by atoms with E-state index in [2.05, 4.69) is 20.7 Å². The van der Waals surface area contributed by atoms with Gasteiger partial charge in [-0.15, -0.1) is 0 Å². The van der Waals surface area contributed by atoms with E-state index in [0.29, 0.717) is 4.47 Å². The number of carbonyl (C=O) groups excluding carboxylic acids is 1. The zero-order valence-corrected chi connectivity index (χ0v) is 12.3. The molecule has 1 aromatic carbocycles. The number of rotatable bonds is 4. The first-order valence-electron chi connectivity index (χ1n) is 4.87. The fraction of sp³-hybridized carbons (Fsp3) is 0.300. The molecule has 0 aliphatic heterocycles. The van der Waals surface area contributed by atoms with E-state index >= 15 is 0 Å². The van der Waals surface area contributed by atoms with E-state index in [9.17, 15) is 13.2 Å². The van der Waals surface area contributed by atoms with Gasteiger partial charge >= 0.3 is 5.97 Å². The molecule has 18 heavy (non-hydrogen) atoms. The zero-order valence-electron chi connectivity index (χ0n) is 9.88. The Balaban J connectivity index is 3.13. The number of methoxy groups -OCH3 is 1. The van der Waals surface area contributed by atoms with Crippen LogP contribution in [-0.4, -0.2) is 39.4 Å². The number of nitrogen functional groups attached to an aromatic ring is 1. The lowest BCUT2D eigenvalue weighted by Crippen LogP contribution is -2.33. The molecule has 0 aromatic heterocycles. The maximum absolute atomic E-state index is 12.2. The minimum atomic E-state index is -3.82. The summed E-state index contributed by atoms with van der Waals surface area (Å²) in [6.07, 6.45) is 0. The molecule has 1 aromatic rings. The highest BCUT2D eigenvalue weighted by atomic mass is 79.9. The SMILES string of the molecule is COC(=O)CN(C)S(=O)(=O)c1cc(Br)ccc1N. The van der Waals surface area contributed by atoms with E-state index < -0.39 is 16.0 Å². The van der Waals surface area contributed by atoms with Gasteiger partial charge in [-0.1, -0.05) is 15.9 Å². The van der Waals surface area contributed by atoms with Crippen molar-refractivity contribution in [3.63, 3.8) is 0 Å². The third-order valence-electron chi connectivity index (χ3n) is 2.24. The molecule has 0 atom stereocenters. The molecule has 0 bridgehead atoms. The van der Waals surface area contributed by atoms with Gasteiger partial charge in [-0.05, 0) is 18.2 Å². The molecule has 100 valence electrons. The van der Waals surface area contributed by atoms with Gasteiger partial charge in [-0.25, -0.2) is 8.42 Å². The second-order valence-electron chi connectivity index (χ2n) is 3.52. The van der Waals surface area contributed by atoms with Gasteiger partial charge in [0.05, 0.1) is 12.8 Å². The van der Waals surface area contributed by atoms with Crippen LogP contribution in [0.2, 0.25) is 0 Å². The molecule has 0 radical (unpaired) electrons. The van der Waals surface area contributed by atoms with E-state index in [1.165, 1.54) is 26.3 Å². The Kier molecular flexibility index (Phi) is 4.71. The van der Waals surface area contributed by atoms with Gasteiger partial charge in [-0.2, -0.15) is 4.31 Å². The Morgan fingerprint density at radius 3 is 2.67 bits per heavy atom. The summed E-state index contributed by atoms with van der Waals surface area (Å²) in [4.78, 5) is 11.0. The summed E-state index contributed by atoms with van der Waals surface area (Å²) in [5, 5.41) is 0. The van der Waals surface area contributed by atoms with E-state index in [-0.39, 0.29) is 17.1 Å². The van der Waals surface area contributed by atoms with E-state index in [1.54, 1.807) is 6.07 Å². The smallest absolute Gasteiger partial charge is 0.321 e. The second kappa shape index (κ2) is 5.68. The van der Waals surface area contributed by atoms with E-state index in [1.807, 2.05) is 0 Å². The average Bonchev–Trinajstić information content (AvgIpc) is 2.31. The van der Waals surface area contributed by atoms with Crippen molar-refractivity contribution in [3.05, 3.63) is 22.7 Å². The molecule has 0 saturated heterocycles. The number of anilines is 1.